The Balaban J connectivity index is 1.92. The van der Waals surface area contributed by atoms with Crippen molar-refractivity contribution in [2.24, 2.45) is 0 Å². The van der Waals surface area contributed by atoms with Gasteiger partial charge in [0.15, 0.2) is 0 Å². The molecule has 21 heavy (non-hydrogen) atoms. The number of rotatable bonds is 3. The first-order valence-corrected chi connectivity index (χ1v) is 8.40. The van der Waals surface area contributed by atoms with E-state index >= 15 is 0 Å². The maximum absolute atomic E-state index is 6.31. The molecule has 0 spiro atoms. The van der Waals surface area contributed by atoms with Gasteiger partial charge in [0.2, 0.25) is 5.79 Å². The molecule has 1 saturated heterocycles. The highest BCUT2D eigenvalue weighted by atomic mass is 79.9. The van der Waals surface area contributed by atoms with Crippen LogP contribution in [0.1, 0.15) is 17.2 Å². The molecular formula is C16H13BrCl2O2. The van der Waals surface area contributed by atoms with E-state index in [1.807, 2.05) is 36.4 Å². The zero-order valence-electron chi connectivity index (χ0n) is 11.1. The van der Waals surface area contributed by atoms with Crippen molar-refractivity contribution < 1.29 is 9.47 Å². The topological polar surface area (TPSA) is 18.5 Å². The molecule has 110 valence electrons. The van der Waals surface area contributed by atoms with Gasteiger partial charge in [-0.3, -0.25) is 0 Å². The summed E-state index contributed by atoms with van der Waals surface area (Å²) in [5.41, 5.74) is 1.87. The largest absolute Gasteiger partial charge is 0.342 e. The molecular weight excluding hydrogens is 375 g/mol. The van der Waals surface area contributed by atoms with Crippen molar-refractivity contribution in [1.29, 1.82) is 0 Å². The molecule has 1 fully saturated rings. The van der Waals surface area contributed by atoms with E-state index in [0.717, 1.165) is 11.1 Å². The monoisotopic (exact) mass is 386 g/mol. The lowest BCUT2D eigenvalue weighted by Crippen LogP contribution is -2.29. The van der Waals surface area contributed by atoms with Gasteiger partial charge in [-0.15, -0.1) is 0 Å². The highest BCUT2D eigenvalue weighted by molar-refractivity contribution is 9.09. The average molecular weight is 388 g/mol. The average Bonchev–Trinajstić information content (AvgIpc) is 2.94. The maximum Gasteiger partial charge on any atom is 0.207 e. The van der Waals surface area contributed by atoms with Crippen LogP contribution in [-0.2, 0) is 15.3 Å². The Morgan fingerprint density at radius 2 is 1.90 bits per heavy atom. The van der Waals surface area contributed by atoms with Gasteiger partial charge in [0.05, 0.1) is 17.0 Å². The zero-order valence-corrected chi connectivity index (χ0v) is 14.2. The lowest BCUT2D eigenvalue weighted by molar-refractivity contribution is -0.157. The van der Waals surface area contributed by atoms with E-state index in [4.69, 9.17) is 32.7 Å². The number of ether oxygens (including phenoxy) is 2. The normalized spacial score (nSPS) is 25.2. The smallest absolute Gasteiger partial charge is 0.207 e. The fourth-order valence-electron chi connectivity index (χ4n) is 2.42. The van der Waals surface area contributed by atoms with Gasteiger partial charge in [-0.05, 0) is 17.7 Å². The first-order chi connectivity index (χ1) is 10.1. The highest BCUT2D eigenvalue weighted by Crippen LogP contribution is 2.44. The van der Waals surface area contributed by atoms with Gasteiger partial charge < -0.3 is 9.47 Å². The van der Waals surface area contributed by atoms with E-state index in [9.17, 15) is 0 Å². The fourth-order valence-corrected chi connectivity index (χ4v) is 3.57. The highest BCUT2D eigenvalue weighted by Gasteiger charge is 2.44. The van der Waals surface area contributed by atoms with Crippen LogP contribution in [0.25, 0.3) is 0 Å². The SMILES string of the molecule is Clc1ccc([C@@]2(CBr)OC[C@H](c3ccccc3)O2)c(Cl)c1. The summed E-state index contributed by atoms with van der Waals surface area (Å²) in [5.74, 6) is -0.887. The zero-order chi connectivity index (χ0) is 14.9. The molecule has 0 unspecified atom stereocenters. The molecule has 1 heterocycles. The number of hydrogen-bond acceptors (Lipinski definition) is 2. The van der Waals surface area contributed by atoms with Crippen molar-refractivity contribution in [3.63, 3.8) is 0 Å². The van der Waals surface area contributed by atoms with Crippen LogP contribution >= 0.6 is 39.1 Å². The first-order valence-electron chi connectivity index (χ1n) is 6.53. The summed E-state index contributed by atoms with van der Waals surface area (Å²) in [5, 5.41) is 1.62. The van der Waals surface area contributed by atoms with Crippen molar-refractivity contribution in [2.75, 3.05) is 11.9 Å². The van der Waals surface area contributed by atoms with Crippen LogP contribution in [0.4, 0.5) is 0 Å². The molecule has 0 amide bonds. The summed E-state index contributed by atoms with van der Waals surface area (Å²) < 4.78 is 12.2. The van der Waals surface area contributed by atoms with E-state index in [0.29, 0.717) is 22.0 Å². The van der Waals surface area contributed by atoms with Crippen LogP contribution in [0.5, 0.6) is 0 Å². The van der Waals surface area contributed by atoms with Gasteiger partial charge in [0.25, 0.3) is 0 Å². The maximum atomic E-state index is 6.31. The summed E-state index contributed by atoms with van der Waals surface area (Å²) in [4.78, 5) is 0. The van der Waals surface area contributed by atoms with Crippen LogP contribution < -0.4 is 0 Å². The minimum Gasteiger partial charge on any atom is -0.342 e. The Labute approximate surface area is 142 Å². The van der Waals surface area contributed by atoms with Gasteiger partial charge in [-0.1, -0.05) is 75.5 Å². The molecule has 0 aromatic heterocycles. The third-order valence-corrected chi connectivity index (χ3v) is 4.78. The van der Waals surface area contributed by atoms with Crippen molar-refractivity contribution in [3.05, 3.63) is 69.7 Å². The Kier molecular flexibility index (Phi) is 4.57. The van der Waals surface area contributed by atoms with Crippen molar-refractivity contribution in [2.45, 2.75) is 11.9 Å². The number of alkyl halides is 1. The molecule has 2 nitrogen and oxygen atoms in total. The summed E-state index contributed by atoms with van der Waals surface area (Å²) >= 11 is 15.7. The van der Waals surface area contributed by atoms with Gasteiger partial charge in [0.1, 0.15) is 6.10 Å². The third-order valence-electron chi connectivity index (χ3n) is 3.49. The number of halogens is 3. The Morgan fingerprint density at radius 3 is 2.57 bits per heavy atom. The summed E-state index contributed by atoms with van der Waals surface area (Å²) in [6, 6.07) is 15.3. The van der Waals surface area contributed by atoms with Crippen LogP contribution in [-0.4, -0.2) is 11.9 Å². The summed E-state index contributed by atoms with van der Waals surface area (Å²) in [7, 11) is 0. The minimum atomic E-state index is -0.887. The van der Waals surface area contributed by atoms with Gasteiger partial charge in [0, 0.05) is 10.6 Å². The quantitative estimate of drug-likeness (QED) is 0.662. The molecule has 3 rings (SSSR count). The van der Waals surface area contributed by atoms with E-state index in [1.165, 1.54) is 0 Å². The molecule has 0 radical (unpaired) electrons. The lowest BCUT2D eigenvalue weighted by Gasteiger charge is -2.27. The van der Waals surface area contributed by atoms with Gasteiger partial charge in [-0.2, -0.15) is 0 Å². The molecule has 1 aliphatic rings. The molecule has 1 aliphatic heterocycles. The minimum absolute atomic E-state index is 0.115. The Hall–Kier alpha value is -0.580. The van der Waals surface area contributed by atoms with Crippen molar-refractivity contribution >= 4 is 39.1 Å². The summed E-state index contributed by atoms with van der Waals surface area (Å²) in [6.07, 6.45) is -0.115. The number of hydrogen-bond donors (Lipinski definition) is 0. The van der Waals surface area contributed by atoms with E-state index in [2.05, 4.69) is 15.9 Å². The molecule has 2 atom stereocenters. The molecule has 0 bridgehead atoms. The van der Waals surface area contributed by atoms with Crippen molar-refractivity contribution in [3.8, 4) is 0 Å². The predicted octanol–water partition coefficient (Wildman–Crippen LogP) is 5.33. The predicted molar refractivity (Wildman–Crippen MR) is 88.2 cm³/mol. The fraction of sp³-hybridized carbons (Fsp3) is 0.250. The van der Waals surface area contributed by atoms with Crippen LogP contribution in [0.3, 0.4) is 0 Å². The second-order valence-corrected chi connectivity index (χ2v) is 6.24. The van der Waals surface area contributed by atoms with E-state index in [-0.39, 0.29) is 6.10 Å². The van der Waals surface area contributed by atoms with Crippen LogP contribution in [0.15, 0.2) is 48.5 Å². The van der Waals surface area contributed by atoms with E-state index in [1.54, 1.807) is 12.1 Å². The Bertz CT molecular complexity index is 635. The Morgan fingerprint density at radius 1 is 1.14 bits per heavy atom. The molecule has 5 heteroatoms. The van der Waals surface area contributed by atoms with Crippen molar-refractivity contribution in [1.82, 2.24) is 0 Å². The van der Waals surface area contributed by atoms with Gasteiger partial charge in [-0.25, -0.2) is 0 Å². The van der Waals surface area contributed by atoms with E-state index < -0.39 is 5.79 Å². The first kappa shape index (κ1) is 15.3. The second kappa shape index (κ2) is 6.27. The molecule has 0 aliphatic carbocycles. The molecule has 0 N–H and O–H groups in total. The third kappa shape index (κ3) is 2.99. The second-order valence-electron chi connectivity index (χ2n) is 4.84. The lowest BCUT2D eigenvalue weighted by atomic mass is 10.1. The van der Waals surface area contributed by atoms with Crippen LogP contribution in [0, 0.1) is 0 Å². The number of benzene rings is 2. The molecule has 0 saturated carbocycles. The molecule has 2 aromatic rings. The standard InChI is InChI=1S/C16H13BrCl2O2/c17-10-16(13-7-6-12(18)8-14(13)19)20-9-15(21-16)11-4-2-1-3-5-11/h1-8,15H,9-10H2/t15-,16+/m1/s1. The van der Waals surface area contributed by atoms with Crippen LogP contribution in [0.2, 0.25) is 10.0 Å². The summed E-state index contributed by atoms with van der Waals surface area (Å²) in [6.45, 7) is 0.481. The molecule has 2 aromatic carbocycles. The van der Waals surface area contributed by atoms with Gasteiger partial charge >= 0.3 is 0 Å².